The molecule has 2 heterocycles. The molecule has 6 nitrogen and oxygen atoms in total. The molecule has 1 aromatic carbocycles. The second-order valence-electron chi connectivity index (χ2n) is 4.65. The highest BCUT2D eigenvalue weighted by molar-refractivity contribution is 5.80. The Kier molecular flexibility index (Phi) is 4.04. The van der Waals surface area contributed by atoms with E-state index in [4.69, 9.17) is 0 Å². The van der Waals surface area contributed by atoms with Gasteiger partial charge < -0.3 is 17.0 Å². The van der Waals surface area contributed by atoms with Crippen molar-refractivity contribution in [3.63, 3.8) is 0 Å². The number of benzene rings is 1. The monoisotopic (exact) mass is 349 g/mol. The molecule has 7 heteroatoms. The molecule has 0 aliphatic carbocycles. The van der Waals surface area contributed by atoms with Gasteiger partial charge in [0, 0.05) is 12.1 Å². The molecule has 0 unspecified atom stereocenters. The van der Waals surface area contributed by atoms with Crippen LogP contribution in [0, 0.1) is 10.1 Å². The number of Topliss-reactive ketones (excluding diaryl/α,β-unsaturated/α-hetero) is 1. The zero-order chi connectivity index (χ0) is 14.3. The highest BCUT2D eigenvalue weighted by Gasteiger charge is 2.21. The Hall–Kier alpha value is -2.28. The number of fused-ring (bicyclic) bond motifs is 3. The van der Waals surface area contributed by atoms with Gasteiger partial charge in [0.05, 0.1) is 17.2 Å². The summed E-state index contributed by atoms with van der Waals surface area (Å²) in [5, 5.41) is 10.9. The van der Waals surface area contributed by atoms with Gasteiger partial charge in [-0.05, 0) is 19.1 Å². The summed E-state index contributed by atoms with van der Waals surface area (Å²) in [6.07, 6.45) is 1.83. The van der Waals surface area contributed by atoms with Gasteiger partial charge in [-0.25, -0.2) is 4.57 Å². The molecule has 0 aliphatic rings. The number of hydrogen-bond acceptors (Lipinski definition) is 3. The first-order valence-corrected chi connectivity index (χ1v) is 6.14. The number of hydrogen-bond donors (Lipinski definition) is 0. The van der Waals surface area contributed by atoms with Gasteiger partial charge in [0.2, 0.25) is 0 Å². The molecule has 21 heavy (non-hydrogen) atoms. The zero-order valence-corrected chi connectivity index (χ0v) is 12.8. The van der Waals surface area contributed by atoms with Crippen molar-refractivity contribution in [1.82, 2.24) is 4.40 Å². The van der Waals surface area contributed by atoms with Gasteiger partial charge in [-0.3, -0.25) is 14.9 Å². The number of nitro benzene ring substituents is 1. The largest absolute Gasteiger partial charge is 1.00 e. The quantitative estimate of drug-likeness (QED) is 0.342. The molecule has 0 saturated heterocycles. The van der Waals surface area contributed by atoms with Crippen molar-refractivity contribution in [2.45, 2.75) is 13.5 Å². The van der Waals surface area contributed by atoms with Crippen molar-refractivity contribution in [1.29, 1.82) is 0 Å². The second-order valence-corrected chi connectivity index (χ2v) is 4.65. The molecule has 3 rings (SSSR count). The number of halogens is 1. The lowest BCUT2D eigenvalue weighted by Crippen LogP contribution is -3.00. The molecule has 0 atom stereocenters. The summed E-state index contributed by atoms with van der Waals surface area (Å²) in [7, 11) is 0. The predicted molar refractivity (Wildman–Crippen MR) is 72.4 cm³/mol. The molecule has 0 bridgehead atoms. The van der Waals surface area contributed by atoms with Gasteiger partial charge in [-0.15, -0.1) is 0 Å². The summed E-state index contributed by atoms with van der Waals surface area (Å²) in [6.45, 7) is 1.77. The van der Waals surface area contributed by atoms with E-state index in [2.05, 4.69) is 0 Å². The van der Waals surface area contributed by atoms with Gasteiger partial charge >= 0.3 is 0 Å². The van der Waals surface area contributed by atoms with Crippen LogP contribution in [0.1, 0.15) is 6.92 Å². The zero-order valence-electron chi connectivity index (χ0n) is 11.2. The van der Waals surface area contributed by atoms with E-state index in [0.29, 0.717) is 0 Å². The van der Waals surface area contributed by atoms with E-state index in [1.807, 2.05) is 33.4 Å². The van der Waals surface area contributed by atoms with E-state index in [0.717, 1.165) is 16.7 Å². The fraction of sp³-hybridized carbons (Fsp3) is 0.143. The number of aromatic nitrogens is 2. The highest BCUT2D eigenvalue weighted by atomic mass is 79.9. The van der Waals surface area contributed by atoms with Crippen molar-refractivity contribution in [3.05, 3.63) is 52.7 Å². The molecule has 3 aromatic rings. The van der Waals surface area contributed by atoms with E-state index in [1.165, 1.54) is 19.1 Å². The van der Waals surface area contributed by atoms with E-state index < -0.39 is 4.92 Å². The Morgan fingerprint density at radius 3 is 2.76 bits per heavy atom. The van der Waals surface area contributed by atoms with Gasteiger partial charge in [-0.1, -0.05) is 6.07 Å². The third-order valence-electron chi connectivity index (χ3n) is 3.22. The summed E-state index contributed by atoms with van der Waals surface area (Å²) >= 11 is 0. The van der Waals surface area contributed by atoms with Gasteiger partial charge in [0.15, 0.2) is 16.8 Å². The van der Waals surface area contributed by atoms with Crippen LogP contribution in [0.2, 0.25) is 0 Å². The number of non-ortho nitro benzene ring substituents is 1. The molecule has 0 saturated carbocycles. The minimum absolute atomic E-state index is 0. The number of nitrogens with zero attached hydrogens (tertiary/aromatic N) is 3. The molecule has 0 aliphatic heterocycles. The first kappa shape index (κ1) is 15.1. The summed E-state index contributed by atoms with van der Waals surface area (Å²) in [4.78, 5) is 21.9. The average molecular weight is 350 g/mol. The molecular formula is C14H12BrN3O3. The first-order valence-electron chi connectivity index (χ1n) is 6.14. The van der Waals surface area contributed by atoms with Crippen molar-refractivity contribution in [3.8, 4) is 0 Å². The van der Waals surface area contributed by atoms with E-state index in [9.17, 15) is 14.9 Å². The Balaban J connectivity index is 0.00000161. The average Bonchev–Trinajstić information content (AvgIpc) is 2.73. The van der Waals surface area contributed by atoms with Crippen LogP contribution >= 0.6 is 0 Å². The van der Waals surface area contributed by atoms with Crippen LogP contribution in [0.3, 0.4) is 0 Å². The molecule has 0 radical (unpaired) electrons. The minimum atomic E-state index is -0.420. The van der Waals surface area contributed by atoms with Crippen LogP contribution in [0.4, 0.5) is 5.69 Å². The fourth-order valence-electron chi connectivity index (χ4n) is 2.42. The van der Waals surface area contributed by atoms with Crippen LogP contribution in [0.5, 0.6) is 0 Å². The normalized spacial score (nSPS) is 10.5. The number of carbonyl (C=O) groups is 1. The predicted octanol–water partition coefficient (Wildman–Crippen LogP) is -1.12. The number of carbonyl (C=O) groups excluding carboxylic acids is 1. The van der Waals surface area contributed by atoms with Crippen molar-refractivity contribution < 1.29 is 31.3 Å². The molecule has 2 aromatic heterocycles. The number of nitro groups is 1. The summed E-state index contributed by atoms with van der Waals surface area (Å²) in [6, 6.07) is 10.3. The molecule has 0 amide bonds. The minimum Gasteiger partial charge on any atom is -1.00 e. The lowest BCUT2D eigenvalue weighted by molar-refractivity contribution is -0.632. The van der Waals surface area contributed by atoms with Gasteiger partial charge in [0.25, 0.3) is 11.3 Å². The van der Waals surface area contributed by atoms with E-state index in [1.54, 1.807) is 6.07 Å². The van der Waals surface area contributed by atoms with Crippen LogP contribution in [-0.4, -0.2) is 15.1 Å². The molecule has 0 spiro atoms. The Morgan fingerprint density at radius 2 is 2.10 bits per heavy atom. The van der Waals surface area contributed by atoms with Crippen LogP contribution in [-0.2, 0) is 11.3 Å². The summed E-state index contributed by atoms with van der Waals surface area (Å²) in [5.41, 5.74) is 2.39. The van der Waals surface area contributed by atoms with Crippen molar-refractivity contribution in [2.24, 2.45) is 0 Å². The molecule has 0 N–H and O–H groups in total. The first-order chi connectivity index (χ1) is 9.58. The summed E-state index contributed by atoms with van der Waals surface area (Å²) in [5.74, 6) is 0.0339. The molecule has 0 fully saturated rings. The Bertz CT molecular complexity index is 857. The van der Waals surface area contributed by atoms with Gasteiger partial charge in [-0.2, -0.15) is 4.40 Å². The molecular weight excluding hydrogens is 338 g/mol. The fourth-order valence-corrected chi connectivity index (χ4v) is 2.42. The maximum atomic E-state index is 11.4. The third-order valence-corrected chi connectivity index (χ3v) is 3.22. The highest BCUT2D eigenvalue weighted by Crippen LogP contribution is 2.20. The smallest absolute Gasteiger partial charge is 0.287 e. The maximum Gasteiger partial charge on any atom is 0.287 e. The summed E-state index contributed by atoms with van der Waals surface area (Å²) < 4.78 is 3.71. The topological polar surface area (TPSA) is 68.5 Å². The lowest BCUT2D eigenvalue weighted by Gasteiger charge is -1.94. The SMILES string of the molecule is CC(=O)C[n+]1c2ccc([N+](=O)[O-])cc2n2ccccc21.[Br-]. The van der Waals surface area contributed by atoms with Crippen LogP contribution in [0.15, 0.2) is 42.6 Å². The van der Waals surface area contributed by atoms with Crippen molar-refractivity contribution >= 4 is 28.2 Å². The second kappa shape index (κ2) is 5.61. The number of pyridine rings is 1. The van der Waals surface area contributed by atoms with Crippen LogP contribution in [0.25, 0.3) is 16.7 Å². The van der Waals surface area contributed by atoms with Crippen molar-refractivity contribution in [2.75, 3.05) is 0 Å². The lowest BCUT2D eigenvalue weighted by atomic mass is 10.2. The molecule has 108 valence electrons. The van der Waals surface area contributed by atoms with E-state index >= 15 is 0 Å². The standard InChI is InChI=1S/C14H12N3O3.BrH/c1-10(18)9-16-12-6-5-11(17(19)20)8-13(12)15-7-3-2-4-14(15)16;/h2-8H,9H2,1H3;1H/q+1;/p-1. The van der Waals surface area contributed by atoms with Gasteiger partial charge in [0.1, 0.15) is 6.54 Å². The van der Waals surface area contributed by atoms with E-state index in [-0.39, 0.29) is 35.0 Å². The number of ketones is 1. The maximum absolute atomic E-state index is 11.4. The Labute approximate surface area is 130 Å². The third kappa shape index (κ3) is 2.52. The number of imidazole rings is 1. The Morgan fingerprint density at radius 1 is 1.33 bits per heavy atom. The number of rotatable bonds is 3. The van der Waals surface area contributed by atoms with Crippen LogP contribution < -0.4 is 21.5 Å².